The Balaban J connectivity index is 2.12. The zero-order chi connectivity index (χ0) is 13.0. The van der Waals surface area contributed by atoms with E-state index in [0.29, 0.717) is 18.5 Å². The molecule has 4 nitrogen and oxygen atoms in total. The highest BCUT2D eigenvalue weighted by molar-refractivity contribution is 5.06. The number of aromatic amines is 1. The van der Waals surface area contributed by atoms with Crippen LogP contribution in [0.2, 0.25) is 0 Å². The third-order valence-corrected chi connectivity index (χ3v) is 3.50. The monoisotopic (exact) mass is 249 g/mol. The first-order valence-corrected chi connectivity index (χ1v) is 6.98. The van der Waals surface area contributed by atoms with Gasteiger partial charge in [0.05, 0.1) is 5.69 Å². The van der Waals surface area contributed by atoms with E-state index < -0.39 is 0 Å². The second-order valence-electron chi connectivity index (χ2n) is 5.49. The van der Waals surface area contributed by atoms with Gasteiger partial charge in [0.1, 0.15) is 5.82 Å². The Morgan fingerprint density at radius 1 is 1.39 bits per heavy atom. The Morgan fingerprint density at radius 2 is 2.11 bits per heavy atom. The van der Waals surface area contributed by atoms with Gasteiger partial charge >= 0.3 is 0 Å². The first-order chi connectivity index (χ1) is 8.65. The molecule has 18 heavy (non-hydrogen) atoms. The summed E-state index contributed by atoms with van der Waals surface area (Å²) >= 11 is 0. The van der Waals surface area contributed by atoms with Gasteiger partial charge in [0.15, 0.2) is 0 Å². The number of rotatable bonds is 4. The van der Waals surface area contributed by atoms with Crippen LogP contribution in [-0.4, -0.2) is 16.0 Å². The van der Waals surface area contributed by atoms with Gasteiger partial charge in [-0.25, -0.2) is 4.98 Å². The van der Waals surface area contributed by atoms with Crippen molar-refractivity contribution in [3.63, 3.8) is 0 Å². The van der Waals surface area contributed by atoms with E-state index in [0.717, 1.165) is 24.4 Å². The van der Waals surface area contributed by atoms with Crippen molar-refractivity contribution in [1.82, 2.24) is 15.3 Å². The van der Waals surface area contributed by atoms with Gasteiger partial charge in [-0.15, -0.1) is 0 Å². The molecule has 4 heteroatoms. The van der Waals surface area contributed by atoms with Crippen LogP contribution in [0.25, 0.3) is 0 Å². The summed E-state index contributed by atoms with van der Waals surface area (Å²) in [7, 11) is 0. The fraction of sp³-hybridized carbons (Fsp3) is 0.714. The topological polar surface area (TPSA) is 57.8 Å². The molecular weight excluding hydrogens is 226 g/mol. The molecule has 0 unspecified atom stereocenters. The lowest BCUT2D eigenvalue weighted by Crippen LogP contribution is -2.25. The van der Waals surface area contributed by atoms with E-state index >= 15 is 0 Å². The van der Waals surface area contributed by atoms with Crippen LogP contribution < -0.4 is 10.9 Å². The van der Waals surface area contributed by atoms with E-state index in [1.165, 1.54) is 19.3 Å². The minimum absolute atomic E-state index is 0.0221. The molecule has 1 aliphatic rings. The normalized spacial score (nSPS) is 17.3. The van der Waals surface area contributed by atoms with Gasteiger partial charge < -0.3 is 10.3 Å². The van der Waals surface area contributed by atoms with Crippen LogP contribution in [0.15, 0.2) is 10.9 Å². The number of hydrogen-bond acceptors (Lipinski definition) is 3. The van der Waals surface area contributed by atoms with Crippen LogP contribution in [0.3, 0.4) is 0 Å². The highest BCUT2D eigenvalue weighted by atomic mass is 16.1. The predicted molar refractivity (Wildman–Crippen MR) is 72.7 cm³/mol. The SMILES string of the molecule is CC(C)NCc1cc(=O)[nH]c(C2CCCCC2)n1. The number of nitrogens with one attached hydrogen (secondary N) is 2. The Hall–Kier alpha value is -1.16. The van der Waals surface area contributed by atoms with Gasteiger partial charge in [0, 0.05) is 24.6 Å². The molecule has 0 saturated heterocycles. The van der Waals surface area contributed by atoms with Crippen molar-refractivity contribution < 1.29 is 0 Å². The maximum atomic E-state index is 11.7. The summed E-state index contributed by atoms with van der Waals surface area (Å²) in [5.74, 6) is 1.34. The van der Waals surface area contributed by atoms with Crippen molar-refractivity contribution >= 4 is 0 Å². The zero-order valence-electron chi connectivity index (χ0n) is 11.3. The van der Waals surface area contributed by atoms with Gasteiger partial charge in [0.25, 0.3) is 5.56 Å². The summed E-state index contributed by atoms with van der Waals surface area (Å²) in [5.41, 5.74) is 0.833. The third kappa shape index (κ3) is 3.67. The molecule has 100 valence electrons. The van der Waals surface area contributed by atoms with Crippen molar-refractivity contribution in [2.24, 2.45) is 0 Å². The summed E-state index contributed by atoms with van der Waals surface area (Å²) in [6.07, 6.45) is 6.13. The largest absolute Gasteiger partial charge is 0.310 e. The van der Waals surface area contributed by atoms with Crippen LogP contribution in [0.1, 0.15) is 63.4 Å². The summed E-state index contributed by atoms with van der Waals surface area (Å²) < 4.78 is 0. The average molecular weight is 249 g/mol. The van der Waals surface area contributed by atoms with E-state index in [-0.39, 0.29) is 5.56 Å². The second kappa shape index (κ2) is 6.14. The lowest BCUT2D eigenvalue weighted by Gasteiger charge is -2.21. The molecular formula is C14H23N3O. The van der Waals surface area contributed by atoms with Gasteiger partial charge in [-0.1, -0.05) is 33.1 Å². The van der Waals surface area contributed by atoms with Crippen molar-refractivity contribution in [2.45, 2.75) is 64.5 Å². The first kappa shape index (κ1) is 13.3. The van der Waals surface area contributed by atoms with E-state index in [2.05, 4.69) is 29.1 Å². The molecule has 1 saturated carbocycles. The predicted octanol–water partition coefficient (Wildman–Crippen LogP) is 2.32. The fourth-order valence-corrected chi connectivity index (χ4v) is 2.50. The molecule has 1 fully saturated rings. The molecule has 0 radical (unpaired) electrons. The Bertz CT molecular complexity index is 433. The Labute approximate surface area is 108 Å². The average Bonchev–Trinajstić information content (AvgIpc) is 2.37. The smallest absolute Gasteiger partial charge is 0.251 e. The maximum Gasteiger partial charge on any atom is 0.251 e. The number of hydrogen-bond donors (Lipinski definition) is 2. The summed E-state index contributed by atoms with van der Waals surface area (Å²) in [4.78, 5) is 19.2. The molecule has 2 rings (SSSR count). The molecule has 0 aliphatic heterocycles. The third-order valence-electron chi connectivity index (χ3n) is 3.50. The first-order valence-electron chi connectivity index (χ1n) is 6.98. The number of nitrogens with zero attached hydrogens (tertiary/aromatic N) is 1. The van der Waals surface area contributed by atoms with Crippen molar-refractivity contribution in [2.75, 3.05) is 0 Å². The van der Waals surface area contributed by atoms with Gasteiger partial charge in [-0.3, -0.25) is 4.79 Å². The Kier molecular flexibility index (Phi) is 4.53. The highest BCUT2D eigenvalue weighted by Gasteiger charge is 2.18. The van der Waals surface area contributed by atoms with Crippen LogP contribution in [-0.2, 0) is 6.54 Å². The molecule has 0 spiro atoms. The molecule has 1 aliphatic carbocycles. The molecule has 1 aromatic rings. The molecule has 2 N–H and O–H groups in total. The number of H-pyrrole nitrogens is 1. The summed E-state index contributed by atoms with van der Waals surface area (Å²) in [6.45, 7) is 4.85. The zero-order valence-corrected chi connectivity index (χ0v) is 11.3. The number of aromatic nitrogens is 2. The summed E-state index contributed by atoms with van der Waals surface area (Å²) in [5, 5.41) is 3.30. The minimum Gasteiger partial charge on any atom is -0.310 e. The van der Waals surface area contributed by atoms with Gasteiger partial charge in [0.2, 0.25) is 0 Å². The highest BCUT2D eigenvalue weighted by Crippen LogP contribution is 2.30. The Morgan fingerprint density at radius 3 is 2.78 bits per heavy atom. The molecule has 0 bridgehead atoms. The maximum absolute atomic E-state index is 11.7. The molecule has 1 aromatic heterocycles. The summed E-state index contributed by atoms with van der Waals surface area (Å²) in [6, 6.07) is 2.01. The standard InChI is InChI=1S/C14H23N3O/c1-10(2)15-9-12-8-13(18)17-14(16-12)11-6-4-3-5-7-11/h8,10-11,15H,3-7,9H2,1-2H3,(H,16,17,18). The van der Waals surface area contributed by atoms with E-state index in [4.69, 9.17) is 0 Å². The van der Waals surface area contributed by atoms with Crippen molar-refractivity contribution in [3.8, 4) is 0 Å². The van der Waals surface area contributed by atoms with Crippen LogP contribution in [0.5, 0.6) is 0 Å². The van der Waals surface area contributed by atoms with Crippen LogP contribution >= 0.6 is 0 Å². The molecule has 0 atom stereocenters. The van der Waals surface area contributed by atoms with E-state index in [1.807, 2.05) is 0 Å². The van der Waals surface area contributed by atoms with Crippen molar-refractivity contribution in [3.05, 3.63) is 27.9 Å². The van der Waals surface area contributed by atoms with E-state index in [9.17, 15) is 4.79 Å². The van der Waals surface area contributed by atoms with Crippen molar-refractivity contribution in [1.29, 1.82) is 0 Å². The second-order valence-corrected chi connectivity index (χ2v) is 5.49. The quantitative estimate of drug-likeness (QED) is 0.861. The molecule has 1 heterocycles. The van der Waals surface area contributed by atoms with Gasteiger partial charge in [-0.2, -0.15) is 0 Å². The van der Waals surface area contributed by atoms with E-state index in [1.54, 1.807) is 6.07 Å². The molecule has 0 amide bonds. The lowest BCUT2D eigenvalue weighted by molar-refractivity contribution is 0.426. The minimum atomic E-state index is -0.0221. The van der Waals surface area contributed by atoms with Crippen LogP contribution in [0, 0.1) is 0 Å². The van der Waals surface area contributed by atoms with Gasteiger partial charge in [-0.05, 0) is 12.8 Å². The lowest BCUT2D eigenvalue weighted by atomic mass is 9.88. The fourth-order valence-electron chi connectivity index (χ4n) is 2.50. The molecule has 0 aromatic carbocycles. The van der Waals surface area contributed by atoms with Crippen LogP contribution in [0.4, 0.5) is 0 Å².